The summed E-state index contributed by atoms with van der Waals surface area (Å²) in [5.74, 6) is -0.498. The number of aromatic carboxylic acids is 1. The van der Waals surface area contributed by atoms with E-state index in [1.54, 1.807) is 36.8 Å². The Balaban J connectivity index is 1.60. The van der Waals surface area contributed by atoms with Crippen LogP contribution in [0.2, 0.25) is 0 Å². The molecule has 0 unspecified atom stereocenters. The molecule has 0 spiro atoms. The topological polar surface area (TPSA) is 165 Å². The molecule has 13 heteroatoms. The van der Waals surface area contributed by atoms with Gasteiger partial charge in [0.2, 0.25) is 5.13 Å². The lowest BCUT2D eigenvalue weighted by molar-refractivity contribution is -0.384. The van der Waals surface area contributed by atoms with Crippen LogP contribution < -0.4 is 10.3 Å². The Morgan fingerprint density at radius 3 is 2.41 bits per heavy atom. The molecule has 0 atom stereocenters. The minimum Gasteiger partial charge on any atom is -0.497 e. The number of nitro benzene ring substituents is 1. The molecule has 0 radical (unpaired) electrons. The molecule has 2 N–H and O–H groups in total. The van der Waals surface area contributed by atoms with Crippen LogP contribution in [0.25, 0.3) is 27.6 Å². The maximum atomic E-state index is 13.5. The third-order valence-electron chi connectivity index (χ3n) is 5.69. The molecule has 2 heterocycles. The number of thiazole rings is 1. The molecule has 0 fully saturated rings. The summed E-state index contributed by atoms with van der Waals surface area (Å²) in [5, 5.41) is 33.8. The maximum absolute atomic E-state index is 13.5. The number of benzene rings is 3. The van der Waals surface area contributed by atoms with E-state index >= 15 is 0 Å². The van der Waals surface area contributed by atoms with E-state index in [0.717, 1.165) is 5.56 Å². The predicted molar refractivity (Wildman–Crippen MR) is 144 cm³/mol. The van der Waals surface area contributed by atoms with Crippen LogP contribution in [0.3, 0.4) is 0 Å². The third kappa shape index (κ3) is 5.06. The van der Waals surface area contributed by atoms with Crippen LogP contribution in [0, 0.1) is 10.1 Å². The Hall–Kier alpha value is -5.43. The van der Waals surface area contributed by atoms with E-state index in [-0.39, 0.29) is 28.3 Å². The summed E-state index contributed by atoms with van der Waals surface area (Å²) in [4.78, 5) is 40.2. The van der Waals surface area contributed by atoms with Gasteiger partial charge in [0.15, 0.2) is 5.69 Å². The van der Waals surface area contributed by atoms with Gasteiger partial charge in [0, 0.05) is 28.6 Å². The number of methoxy groups -OCH3 is 1. The minimum absolute atomic E-state index is 0.0582. The number of aromatic nitrogens is 3. The van der Waals surface area contributed by atoms with Crippen molar-refractivity contribution < 1.29 is 19.6 Å². The van der Waals surface area contributed by atoms with Gasteiger partial charge in [-0.15, -0.1) is 21.6 Å². The summed E-state index contributed by atoms with van der Waals surface area (Å²) in [6.07, 6.45) is 0. The molecule has 2 aromatic heterocycles. The first kappa shape index (κ1) is 25.2. The average Bonchev–Trinajstić information content (AvgIpc) is 3.57. The summed E-state index contributed by atoms with van der Waals surface area (Å²) >= 11 is 1.22. The first-order chi connectivity index (χ1) is 18.9. The van der Waals surface area contributed by atoms with Crippen LogP contribution in [0.15, 0.2) is 93.2 Å². The van der Waals surface area contributed by atoms with Crippen LogP contribution in [0.1, 0.15) is 10.4 Å². The highest BCUT2D eigenvalue weighted by atomic mass is 32.1. The molecule has 0 saturated heterocycles. The van der Waals surface area contributed by atoms with Gasteiger partial charge in [0.05, 0.1) is 29.0 Å². The molecular formula is C26H18N6O6S. The van der Waals surface area contributed by atoms with Crippen LogP contribution >= 0.6 is 11.3 Å². The fourth-order valence-corrected chi connectivity index (χ4v) is 4.50. The molecule has 0 saturated carbocycles. The number of hydrogen-bond donors (Lipinski definition) is 2. The van der Waals surface area contributed by atoms with Gasteiger partial charge in [-0.2, -0.15) is 4.68 Å². The van der Waals surface area contributed by atoms with Crippen molar-refractivity contribution in [1.82, 2.24) is 14.8 Å². The van der Waals surface area contributed by atoms with Crippen molar-refractivity contribution in [2.75, 3.05) is 7.11 Å². The van der Waals surface area contributed by atoms with Crippen molar-refractivity contribution in [2.24, 2.45) is 10.2 Å². The number of nitrogens with one attached hydrogen (secondary N) is 1. The number of H-pyrrole nitrogens is 1. The van der Waals surface area contributed by atoms with Gasteiger partial charge in [-0.3, -0.25) is 20.0 Å². The van der Waals surface area contributed by atoms with E-state index in [2.05, 4.69) is 20.3 Å². The van der Waals surface area contributed by atoms with Gasteiger partial charge in [-0.25, -0.2) is 9.78 Å². The second-order valence-electron chi connectivity index (χ2n) is 8.05. The van der Waals surface area contributed by atoms with Gasteiger partial charge in [-0.1, -0.05) is 12.1 Å². The number of carbonyl (C=O) groups is 1. The van der Waals surface area contributed by atoms with E-state index in [9.17, 15) is 24.8 Å². The van der Waals surface area contributed by atoms with Gasteiger partial charge >= 0.3 is 11.5 Å². The van der Waals surface area contributed by atoms with E-state index < -0.39 is 16.5 Å². The smallest absolute Gasteiger partial charge is 0.337 e. The van der Waals surface area contributed by atoms with E-state index in [4.69, 9.17) is 4.74 Å². The molecule has 0 aliphatic heterocycles. The van der Waals surface area contributed by atoms with Crippen LogP contribution in [-0.2, 0) is 0 Å². The Labute approximate surface area is 223 Å². The quantitative estimate of drug-likeness (QED) is 0.138. The largest absolute Gasteiger partial charge is 0.497 e. The molecule has 0 amide bonds. The van der Waals surface area contributed by atoms with E-state index in [0.29, 0.717) is 22.1 Å². The number of nitrogens with zero attached hydrogens (tertiary/aromatic N) is 5. The number of non-ortho nitro benzene ring substituents is 1. The summed E-state index contributed by atoms with van der Waals surface area (Å²) in [6.45, 7) is 0. The molecule has 3 aromatic carbocycles. The summed E-state index contributed by atoms with van der Waals surface area (Å²) in [7, 11) is 1.57. The predicted octanol–water partition coefficient (Wildman–Crippen LogP) is 5.99. The van der Waals surface area contributed by atoms with Crippen molar-refractivity contribution in [3.8, 4) is 33.4 Å². The Morgan fingerprint density at radius 2 is 1.74 bits per heavy atom. The fourth-order valence-electron chi connectivity index (χ4n) is 3.71. The van der Waals surface area contributed by atoms with Crippen molar-refractivity contribution in [3.63, 3.8) is 0 Å². The lowest BCUT2D eigenvalue weighted by Gasteiger charge is -2.01. The molecule has 0 aliphatic rings. The summed E-state index contributed by atoms with van der Waals surface area (Å²) in [5.41, 5.74) is 1.26. The summed E-state index contributed by atoms with van der Waals surface area (Å²) in [6, 6.07) is 18.8. The molecule has 12 nitrogen and oxygen atoms in total. The molecule has 194 valence electrons. The lowest BCUT2D eigenvalue weighted by atomic mass is 10.1. The number of carboxylic acid groups (broad SMARTS) is 1. The zero-order chi connectivity index (χ0) is 27.5. The number of ether oxygens (including phenoxy) is 1. The Kier molecular flexibility index (Phi) is 6.80. The van der Waals surface area contributed by atoms with Crippen molar-refractivity contribution in [3.05, 3.63) is 104 Å². The SMILES string of the molecule is COc1ccc(-c2csc(-n3[nH]c(-c4ccc([N+](=O)[O-])cc4)c(N=Nc4ccccc4C(=O)O)c3=O)n2)cc1. The lowest BCUT2D eigenvalue weighted by Crippen LogP contribution is -2.13. The first-order valence-corrected chi connectivity index (χ1v) is 12.2. The maximum Gasteiger partial charge on any atom is 0.337 e. The highest BCUT2D eigenvalue weighted by Gasteiger charge is 2.20. The molecule has 39 heavy (non-hydrogen) atoms. The van der Waals surface area contributed by atoms with E-state index in [1.165, 1.54) is 52.4 Å². The number of aromatic amines is 1. The third-order valence-corrected chi connectivity index (χ3v) is 6.52. The second-order valence-corrected chi connectivity index (χ2v) is 8.88. The van der Waals surface area contributed by atoms with Crippen LogP contribution in [-0.4, -0.2) is 37.9 Å². The molecule has 0 aliphatic carbocycles. The standard InChI is InChI=1S/C26H18N6O6S/c1-38-18-12-8-15(9-13-18)21-14-39-26(27-21)31-24(33)23(29-28-20-5-3-2-4-19(20)25(34)35)22(30-31)16-6-10-17(11-7-16)32(36)37/h2-14,30H,1H3,(H,34,35). The average molecular weight is 543 g/mol. The number of rotatable bonds is 8. The first-order valence-electron chi connectivity index (χ1n) is 11.3. The zero-order valence-electron chi connectivity index (χ0n) is 20.1. The fraction of sp³-hybridized carbons (Fsp3) is 0.0385. The van der Waals surface area contributed by atoms with Crippen molar-refractivity contribution in [1.29, 1.82) is 0 Å². The normalized spacial score (nSPS) is 11.1. The Morgan fingerprint density at radius 1 is 1.05 bits per heavy atom. The van der Waals surface area contributed by atoms with Gasteiger partial charge in [-0.05, 0) is 48.5 Å². The number of carboxylic acids is 1. The van der Waals surface area contributed by atoms with Crippen LogP contribution in [0.4, 0.5) is 17.1 Å². The number of azo groups is 1. The molecule has 5 aromatic rings. The molecule has 5 rings (SSSR count). The number of hydrogen-bond acceptors (Lipinski definition) is 9. The monoisotopic (exact) mass is 542 g/mol. The zero-order valence-corrected chi connectivity index (χ0v) is 21.0. The van der Waals surface area contributed by atoms with Gasteiger partial charge < -0.3 is 9.84 Å². The molecular weight excluding hydrogens is 524 g/mol. The van der Waals surface area contributed by atoms with Gasteiger partial charge in [0.1, 0.15) is 11.4 Å². The highest BCUT2D eigenvalue weighted by Crippen LogP contribution is 2.32. The second kappa shape index (κ2) is 10.5. The summed E-state index contributed by atoms with van der Waals surface area (Å²) < 4.78 is 6.39. The van der Waals surface area contributed by atoms with Crippen LogP contribution in [0.5, 0.6) is 5.75 Å². The van der Waals surface area contributed by atoms with E-state index in [1.807, 2.05) is 12.1 Å². The van der Waals surface area contributed by atoms with Crippen molar-refractivity contribution >= 4 is 34.4 Å². The highest BCUT2D eigenvalue weighted by molar-refractivity contribution is 7.12. The number of nitro groups is 1. The molecule has 0 bridgehead atoms. The van der Waals surface area contributed by atoms with Gasteiger partial charge in [0.25, 0.3) is 5.69 Å². The minimum atomic E-state index is -1.19. The Bertz CT molecular complexity index is 1770. The van der Waals surface area contributed by atoms with Crippen molar-refractivity contribution in [2.45, 2.75) is 0 Å².